The van der Waals surface area contributed by atoms with E-state index in [1.54, 1.807) is 14.2 Å². The molecule has 0 saturated carbocycles. The summed E-state index contributed by atoms with van der Waals surface area (Å²) in [6, 6.07) is 1.52. The van der Waals surface area contributed by atoms with Gasteiger partial charge >= 0.3 is 0 Å². The minimum Gasteiger partial charge on any atom is -0.438 e. The van der Waals surface area contributed by atoms with Gasteiger partial charge in [-0.15, -0.1) is 11.3 Å². The highest BCUT2D eigenvalue weighted by molar-refractivity contribution is 9.10. The molecule has 0 unspecified atom stereocenters. The lowest BCUT2D eigenvalue weighted by Crippen LogP contribution is -2.32. The highest BCUT2D eigenvalue weighted by atomic mass is 79.9. The van der Waals surface area contributed by atoms with Crippen molar-refractivity contribution in [3.63, 3.8) is 0 Å². The van der Waals surface area contributed by atoms with Crippen LogP contribution >= 0.6 is 27.3 Å². The van der Waals surface area contributed by atoms with E-state index in [0.717, 1.165) is 4.47 Å². The third kappa shape index (κ3) is 6.33. The van der Waals surface area contributed by atoms with E-state index in [1.165, 1.54) is 17.4 Å². The molecule has 0 aliphatic rings. The van der Waals surface area contributed by atoms with Crippen LogP contribution in [0.5, 0.6) is 0 Å². The number of hydrogen-bond donors (Lipinski definition) is 0. The molecule has 0 N–H and O–H groups in total. The molecule has 2 aromatic heterocycles. The predicted molar refractivity (Wildman–Crippen MR) is 106 cm³/mol. The number of thiophene rings is 1. The van der Waals surface area contributed by atoms with Crippen molar-refractivity contribution >= 4 is 43.4 Å². The molecule has 0 fully saturated rings. The lowest BCUT2D eigenvalue weighted by Gasteiger charge is -2.23. The number of anilines is 1. The lowest BCUT2D eigenvalue weighted by molar-refractivity contribution is 0.0672. The van der Waals surface area contributed by atoms with Crippen molar-refractivity contribution in [1.29, 1.82) is 0 Å². The first-order chi connectivity index (χ1) is 12.7. The molecule has 2 rings (SSSR count). The largest absolute Gasteiger partial charge is 0.438 e. The van der Waals surface area contributed by atoms with Crippen molar-refractivity contribution in [2.75, 3.05) is 71.9 Å². The molecule has 0 aliphatic carbocycles. The van der Waals surface area contributed by atoms with Gasteiger partial charge < -0.3 is 28.3 Å². The molecule has 0 aromatic carbocycles. The van der Waals surface area contributed by atoms with Gasteiger partial charge in [-0.25, -0.2) is 0 Å². The molecule has 0 spiro atoms. The molecular weight excluding hydrogens is 426 g/mol. The third-order valence-corrected chi connectivity index (χ3v) is 5.44. The van der Waals surface area contributed by atoms with E-state index in [9.17, 15) is 4.79 Å². The molecular formula is C17H24BrNO6S. The van der Waals surface area contributed by atoms with Crippen molar-refractivity contribution < 1.29 is 23.4 Å². The zero-order valence-corrected chi connectivity index (χ0v) is 17.4. The highest BCUT2D eigenvalue weighted by Gasteiger charge is 2.15. The molecule has 26 heavy (non-hydrogen) atoms. The van der Waals surface area contributed by atoms with Gasteiger partial charge in [0.2, 0.25) is 5.43 Å². The molecule has 0 radical (unpaired) electrons. The fraction of sp³-hybridized carbons (Fsp3) is 0.588. The molecule has 9 heteroatoms. The van der Waals surface area contributed by atoms with Gasteiger partial charge in [-0.1, -0.05) is 0 Å². The maximum absolute atomic E-state index is 12.4. The van der Waals surface area contributed by atoms with Gasteiger partial charge in [0.15, 0.2) is 11.5 Å². The molecule has 146 valence electrons. The summed E-state index contributed by atoms with van der Waals surface area (Å²) in [6.07, 6.45) is 0. The molecule has 0 aliphatic heterocycles. The van der Waals surface area contributed by atoms with Gasteiger partial charge in [-0.2, -0.15) is 0 Å². The van der Waals surface area contributed by atoms with Crippen LogP contribution < -0.4 is 10.3 Å². The van der Waals surface area contributed by atoms with E-state index in [0.29, 0.717) is 68.9 Å². The summed E-state index contributed by atoms with van der Waals surface area (Å²) in [5.41, 5.74) is 0.519. The number of fused-ring (bicyclic) bond motifs is 1. The molecule has 7 nitrogen and oxygen atoms in total. The van der Waals surface area contributed by atoms with Gasteiger partial charge in [0.1, 0.15) is 4.70 Å². The standard InChI is InChI=1S/C17H24BrNO6S/c1-21-7-9-23-5-3-19(4-6-24-10-8-22-2)15-11-14(20)17-16(25-15)13(18)12-26-17/h11-12H,3-10H2,1-2H3. The SMILES string of the molecule is COCCOCCN(CCOCCOC)c1cc(=O)c2scc(Br)c2o1. The van der Waals surface area contributed by atoms with Crippen LogP contribution in [0.15, 0.2) is 25.1 Å². The zero-order chi connectivity index (χ0) is 18.8. The average Bonchev–Trinajstić information content (AvgIpc) is 3.01. The second kappa shape index (κ2) is 11.7. The minimum atomic E-state index is -0.0532. The Bertz CT molecular complexity index is 705. The lowest BCUT2D eigenvalue weighted by atomic mass is 10.4. The summed E-state index contributed by atoms with van der Waals surface area (Å²) >= 11 is 4.79. The second-order valence-electron chi connectivity index (χ2n) is 5.39. The fourth-order valence-corrected chi connectivity index (χ4v) is 3.68. The fourth-order valence-electron chi connectivity index (χ4n) is 2.23. The van der Waals surface area contributed by atoms with E-state index in [-0.39, 0.29) is 5.43 Å². The smallest absolute Gasteiger partial charge is 0.204 e. The van der Waals surface area contributed by atoms with Crippen LogP contribution in [-0.2, 0) is 18.9 Å². The molecule has 0 amide bonds. The Kier molecular flexibility index (Phi) is 9.58. The zero-order valence-electron chi connectivity index (χ0n) is 15.0. The van der Waals surface area contributed by atoms with Crippen molar-refractivity contribution in [2.45, 2.75) is 0 Å². The van der Waals surface area contributed by atoms with Crippen LogP contribution in [0, 0.1) is 0 Å². The van der Waals surface area contributed by atoms with Crippen molar-refractivity contribution in [1.82, 2.24) is 0 Å². The highest BCUT2D eigenvalue weighted by Crippen LogP contribution is 2.30. The van der Waals surface area contributed by atoms with Crippen LogP contribution in [0.1, 0.15) is 0 Å². The van der Waals surface area contributed by atoms with Gasteiger partial charge in [0, 0.05) is 38.8 Å². The third-order valence-electron chi connectivity index (χ3n) is 3.57. The predicted octanol–water partition coefficient (Wildman–Crippen LogP) is 2.75. The number of rotatable bonds is 13. The Balaban J connectivity index is 2.05. The normalized spacial score (nSPS) is 11.3. The van der Waals surface area contributed by atoms with Gasteiger partial charge in [0.25, 0.3) is 0 Å². The van der Waals surface area contributed by atoms with Gasteiger partial charge in [-0.05, 0) is 15.9 Å². The van der Waals surface area contributed by atoms with Crippen molar-refractivity contribution in [3.05, 3.63) is 26.1 Å². The van der Waals surface area contributed by atoms with Gasteiger partial charge in [-0.3, -0.25) is 4.79 Å². The Morgan fingerprint density at radius 2 is 1.65 bits per heavy atom. The van der Waals surface area contributed by atoms with E-state index in [1.807, 2.05) is 10.3 Å². The summed E-state index contributed by atoms with van der Waals surface area (Å²) in [7, 11) is 3.27. The Morgan fingerprint density at radius 1 is 1.04 bits per heavy atom. The first kappa shape index (κ1) is 21.3. The number of nitrogens with zero attached hydrogens (tertiary/aromatic N) is 1. The van der Waals surface area contributed by atoms with Crippen LogP contribution in [0.25, 0.3) is 10.3 Å². The van der Waals surface area contributed by atoms with E-state index < -0.39 is 0 Å². The minimum absolute atomic E-state index is 0.0532. The Labute approximate surface area is 164 Å². The molecule has 2 heterocycles. The number of ether oxygens (including phenoxy) is 4. The summed E-state index contributed by atoms with van der Waals surface area (Å²) < 4.78 is 28.4. The topological polar surface area (TPSA) is 70.4 Å². The van der Waals surface area contributed by atoms with Crippen LogP contribution in [0.4, 0.5) is 5.88 Å². The van der Waals surface area contributed by atoms with Crippen molar-refractivity contribution in [2.24, 2.45) is 0 Å². The first-order valence-electron chi connectivity index (χ1n) is 8.26. The average molecular weight is 450 g/mol. The maximum atomic E-state index is 12.4. The number of halogens is 1. The second-order valence-corrected chi connectivity index (χ2v) is 7.12. The van der Waals surface area contributed by atoms with E-state index in [4.69, 9.17) is 23.4 Å². The Hall–Kier alpha value is -0.970. The Morgan fingerprint density at radius 3 is 2.23 bits per heavy atom. The molecule has 0 saturated heterocycles. The van der Waals surface area contributed by atoms with Crippen molar-refractivity contribution in [3.8, 4) is 0 Å². The van der Waals surface area contributed by atoms with Crippen LogP contribution in [0.3, 0.4) is 0 Å². The van der Waals surface area contributed by atoms with E-state index in [2.05, 4.69) is 15.9 Å². The van der Waals surface area contributed by atoms with Gasteiger partial charge in [0.05, 0.1) is 44.1 Å². The molecule has 0 bridgehead atoms. The first-order valence-corrected chi connectivity index (χ1v) is 9.93. The summed E-state index contributed by atoms with van der Waals surface area (Å²) in [4.78, 5) is 14.3. The number of hydrogen-bond acceptors (Lipinski definition) is 8. The van der Waals surface area contributed by atoms with Crippen LogP contribution in [0.2, 0.25) is 0 Å². The number of methoxy groups -OCH3 is 2. The summed E-state index contributed by atoms with van der Waals surface area (Å²) in [5.74, 6) is 0.507. The van der Waals surface area contributed by atoms with E-state index >= 15 is 0 Å². The molecule has 0 atom stereocenters. The van der Waals surface area contributed by atoms with Crippen LogP contribution in [-0.4, -0.2) is 67.0 Å². The molecule has 2 aromatic rings. The quantitative estimate of drug-likeness (QED) is 0.435. The maximum Gasteiger partial charge on any atom is 0.204 e. The summed E-state index contributed by atoms with van der Waals surface area (Å²) in [5, 5.41) is 1.85. The summed E-state index contributed by atoms with van der Waals surface area (Å²) in [6.45, 7) is 4.27. The monoisotopic (exact) mass is 449 g/mol.